The lowest BCUT2D eigenvalue weighted by Gasteiger charge is -2.16. The van der Waals surface area contributed by atoms with Crippen LogP contribution in [-0.4, -0.2) is 38.8 Å². The van der Waals surface area contributed by atoms with Crippen LogP contribution in [0.25, 0.3) is 10.8 Å². The van der Waals surface area contributed by atoms with E-state index in [0.717, 1.165) is 30.9 Å². The fraction of sp³-hybridized carbons (Fsp3) is 0.333. The Morgan fingerprint density at radius 1 is 1.18 bits per heavy atom. The summed E-state index contributed by atoms with van der Waals surface area (Å²) in [6, 6.07) is 8.06. The van der Waals surface area contributed by atoms with Crippen molar-refractivity contribution < 1.29 is 4.79 Å². The highest BCUT2D eigenvalue weighted by Crippen LogP contribution is 2.27. The first kappa shape index (κ1) is 18.7. The van der Waals surface area contributed by atoms with Crippen LogP contribution in [0.1, 0.15) is 39.3 Å². The molecule has 1 saturated heterocycles. The number of thiazole rings is 1. The van der Waals surface area contributed by atoms with Crippen molar-refractivity contribution in [2.75, 3.05) is 18.4 Å². The molecule has 0 saturated carbocycles. The van der Waals surface area contributed by atoms with Gasteiger partial charge in [-0.05, 0) is 63.0 Å². The van der Waals surface area contributed by atoms with Crippen molar-refractivity contribution >= 4 is 22.9 Å². The first-order valence-electron chi connectivity index (χ1n) is 9.48. The zero-order chi connectivity index (χ0) is 19.5. The Morgan fingerprint density at radius 3 is 2.68 bits per heavy atom. The third-order valence-corrected chi connectivity index (χ3v) is 6.07. The summed E-state index contributed by atoms with van der Waals surface area (Å²) < 4.78 is 0. The van der Waals surface area contributed by atoms with E-state index in [1.54, 1.807) is 18.5 Å². The first-order valence-corrected chi connectivity index (χ1v) is 10.3. The van der Waals surface area contributed by atoms with E-state index in [0.29, 0.717) is 21.4 Å². The van der Waals surface area contributed by atoms with E-state index in [1.165, 1.54) is 29.7 Å². The molecule has 4 rings (SSSR count). The van der Waals surface area contributed by atoms with Gasteiger partial charge in [0.15, 0.2) is 10.8 Å². The summed E-state index contributed by atoms with van der Waals surface area (Å²) in [7, 11) is 0. The lowest BCUT2D eigenvalue weighted by atomic mass is 10.1. The molecule has 28 heavy (non-hydrogen) atoms. The predicted octanol–water partition coefficient (Wildman–Crippen LogP) is 4.07. The second-order valence-electron chi connectivity index (χ2n) is 7.09. The number of rotatable bonds is 5. The third kappa shape index (κ3) is 4.10. The maximum absolute atomic E-state index is 12.9. The number of hydrogen-bond donors (Lipinski definition) is 1. The minimum absolute atomic E-state index is 0.140. The van der Waals surface area contributed by atoms with Crippen LogP contribution in [-0.2, 0) is 6.54 Å². The van der Waals surface area contributed by atoms with Crippen molar-refractivity contribution in [2.45, 2.75) is 33.2 Å². The molecule has 3 aromatic rings. The number of carbonyl (C=O) groups is 1. The van der Waals surface area contributed by atoms with Crippen molar-refractivity contribution in [2.24, 2.45) is 0 Å². The fourth-order valence-corrected chi connectivity index (χ4v) is 4.30. The summed E-state index contributed by atoms with van der Waals surface area (Å²) >= 11 is 1.32. The third-order valence-electron chi connectivity index (χ3n) is 4.91. The minimum atomic E-state index is -0.140. The number of likely N-dealkylation sites (tertiary alicyclic amines) is 1. The maximum Gasteiger partial charge on any atom is 0.267 e. The van der Waals surface area contributed by atoms with Crippen LogP contribution in [0.15, 0.2) is 36.7 Å². The summed E-state index contributed by atoms with van der Waals surface area (Å²) in [4.78, 5) is 28.9. The zero-order valence-corrected chi connectivity index (χ0v) is 16.9. The van der Waals surface area contributed by atoms with Gasteiger partial charge < -0.3 is 5.32 Å². The molecule has 1 aromatic carbocycles. The second kappa shape index (κ2) is 8.16. The van der Waals surface area contributed by atoms with Crippen molar-refractivity contribution in [1.82, 2.24) is 19.9 Å². The van der Waals surface area contributed by atoms with Crippen molar-refractivity contribution in [3.05, 3.63) is 58.4 Å². The fourth-order valence-electron chi connectivity index (χ4n) is 3.39. The highest BCUT2D eigenvalue weighted by Gasteiger charge is 2.19. The van der Waals surface area contributed by atoms with Gasteiger partial charge >= 0.3 is 0 Å². The van der Waals surface area contributed by atoms with Crippen LogP contribution in [0, 0.1) is 13.8 Å². The van der Waals surface area contributed by atoms with Gasteiger partial charge in [0.2, 0.25) is 0 Å². The van der Waals surface area contributed by atoms with Gasteiger partial charge in [-0.1, -0.05) is 12.1 Å². The minimum Gasteiger partial charge on any atom is -0.321 e. The smallest absolute Gasteiger partial charge is 0.267 e. The van der Waals surface area contributed by atoms with Crippen LogP contribution >= 0.6 is 11.3 Å². The monoisotopic (exact) mass is 393 g/mol. The van der Waals surface area contributed by atoms with E-state index >= 15 is 0 Å². The Kier molecular flexibility index (Phi) is 5.45. The Hall–Kier alpha value is -2.64. The van der Waals surface area contributed by atoms with Gasteiger partial charge in [-0.3, -0.25) is 9.69 Å². The first-order chi connectivity index (χ1) is 13.6. The maximum atomic E-state index is 12.9. The van der Waals surface area contributed by atoms with Gasteiger partial charge in [-0.25, -0.2) is 15.0 Å². The van der Waals surface area contributed by atoms with Crippen LogP contribution in [0.3, 0.4) is 0 Å². The number of anilines is 1. The molecule has 0 atom stereocenters. The Balaban J connectivity index is 1.52. The van der Waals surface area contributed by atoms with Gasteiger partial charge in [0.25, 0.3) is 5.91 Å². The number of aryl methyl sites for hydroxylation is 2. The largest absolute Gasteiger partial charge is 0.321 e. The predicted molar refractivity (Wildman–Crippen MR) is 112 cm³/mol. The highest BCUT2D eigenvalue weighted by molar-refractivity contribution is 7.17. The van der Waals surface area contributed by atoms with Crippen LogP contribution < -0.4 is 5.32 Å². The molecule has 6 nitrogen and oxygen atoms in total. The molecular weight excluding hydrogens is 370 g/mol. The Bertz CT molecular complexity index is 980. The Labute approximate surface area is 168 Å². The number of aromatic nitrogens is 3. The van der Waals surface area contributed by atoms with Gasteiger partial charge in [0.05, 0.1) is 5.69 Å². The van der Waals surface area contributed by atoms with Crippen LogP contribution in [0.5, 0.6) is 0 Å². The number of hydrogen-bond acceptors (Lipinski definition) is 6. The topological polar surface area (TPSA) is 71.0 Å². The quantitative estimate of drug-likeness (QED) is 0.708. The van der Waals surface area contributed by atoms with Gasteiger partial charge in [-0.15, -0.1) is 11.3 Å². The molecule has 2 aromatic heterocycles. The number of carbonyl (C=O) groups excluding carboxylic acids is 1. The molecule has 1 N–H and O–H groups in total. The molecule has 1 amide bonds. The normalized spacial score (nSPS) is 14.4. The van der Waals surface area contributed by atoms with Crippen LogP contribution in [0.2, 0.25) is 0 Å². The number of nitrogens with zero attached hydrogens (tertiary/aromatic N) is 4. The Morgan fingerprint density at radius 2 is 1.93 bits per heavy atom. The molecular formula is C21H23N5OS. The molecule has 0 unspecified atom stereocenters. The molecule has 144 valence electrons. The van der Waals surface area contributed by atoms with E-state index in [2.05, 4.69) is 43.4 Å². The highest BCUT2D eigenvalue weighted by atomic mass is 32.1. The van der Waals surface area contributed by atoms with E-state index in [1.807, 2.05) is 13.8 Å². The number of nitrogens with one attached hydrogen (secondary N) is 1. The number of amides is 1. The molecule has 0 spiro atoms. The van der Waals surface area contributed by atoms with Gasteiger partial charge in [0, 0.05) is 24.6 Å². The molecule has 1 aliphatic heterocycles. The summed E-state index contributed by atoms with van der Waals surface area (Å²) in [6.45, 7) is 7.09. The average Bonchev–Trinajstić information content (AvgIpc) is 3.35. The van der Waals surface area contributed by atoms with Gasteiger partial charge in [0.1, 0.15) is 4.88 Å². The molecule has 1 aliphatic rings. The summed E-state index contributed by atoms with van der Waals surface area (Å²) in [6.07, 6.45) is 5.89. The van der Waals surface area contributed by atoms with E-state index < -0.39 is 0 Å². The number of benzene rings is 1. The van der Waals surface area contributed by atoms with Crippen molar-refractivity contribution in [3.8, 4) is 10.8 Å². The van der Waals surface area contributed by atoms with Crippen molar-refractivity contribution in [1.29, 1.82) is 0 Å². The molecule has 0 radical (unpaired) electrons. The molecule has 1 fully saturated rings. The SMILES string of the molecule is Cc1ccc(CN2CCCC2)cc1NC(=O)c1sc(-c2ncccn2)nc1C. The van der Waals surface area contributed by atoms with E-state index in [4.69, 9.17) is 0 Å². The average molecular weight is 394 g/mol. The van der Waals surface area contributed by atoms with Gasteiger partial charge in [-0.2, -0.15) is 0 Å². The standard InChI is InChI=1S/C21H23N5OS/c1-14-6-7-16(13-26-10-3-4-11-26)12-17(14)25-20(27)18-15(2)24-21(28-18)19-22-8-5-9-23-19/h5-9,12H,3-4,10-11,13H2,1-2H3,(H,25,27). The van der Waals surface area contributed by atoms with E-state index in [9.17, 15) is 4.79 Å². The lowest BCUT2D eigenvalue weighted by molar-refractivity contribution is 0.102. The molecule has 0 aliphatic carbocycles. The summed E-state index contributed by atoms with van der Waals surface area (Å²) in [5, 5.41) is 3.72. The molecule has 7 heteroatoms. The van der Waals surface area contributed by atoms with Crippen molar-refractivity contribution in [3.63, 3.8) is 0 Å². The second-order valence-corrected chi connectivity index (χ2v) is 8.09. The molecule has 3 heterocycles. The lowest BCUT2D eigenvalue weighted by Crippen LogP contribution is -2.19. The van der Waals surface area contributed by atoms with Crippen LogP contribution in [0.4, 0.5) is 5.69 Å². The molecule has 0 bridgehead atoms. The van der Waals surface area contributed by atoms with E-state index in [-0.39, 0.29) is 5.91 Å². The zero-order valence-electron chi connectivity index (χ0n) is 16.1. The summed E-state index contributed by atoms with van der Waals surface area (Å²) in [5.74, 6) is 0.400. The summed E-state index contributed by atoms with van der Waals surface area (Å²) in [5.41, 5.74) is 3.82.